The molecular formula is C15H13ClN2OS. The van der Waals surface area contributed by atoms with Crippen molar-refractivity contribution in [1.29, 1.82) is 0 Å². The molecule has 0 spiro atoms. The topological polar surface area (TPSA) is 41.1 Å². The molecule has 2 rings (SSSR count). The first kappa shape index (κ1) is 14.5. The Labute approximate surface area is 128 Å². The van der Waals surface area contributed by atoms with Gasteiger partial charge in [0.25, 0.3) is 0 Å². The van der Waals surface area contributed by atoms with E-state index < -0.39 is 0 Å². The number of hydrogen-bond acceptors (Lipinski definition) is 2. The second-order valence-corrected chi connectivity index (χ2v) is 5.02. The van der Waals surface area contributed by atoms with Crippen LogP contribution in [-0.2, 0) is 11.2 Å². The fourth-order valence-electron chi connectivity index (χ4n) is 1.68. The summed E-state index contributed by atoms with van der Waals surface area (Å²) in [6, 6.07) is 16.6. The molecule has 1 amide bonds. The van der Waals surface area contributed by atoms with Crippen molar-refractivity contribution in [3.63, 3.8) is 0 Å². The number of anilines is 1. The largest absolute Gasteiger partial charge is 0.332 e. The second kappa shape index (κ2) is 7.03. The van der Waals surface area contributed by atoms with E-state index in [9.17, 15) is 4.79 Å². The minimum atomic E-state index is -0.157. The SMILES string of the molecule is O=C(Cc1ccccc1)NC(=S)Nc1cccc(Cl)c1. The van der Waals surface area contributed by atoms with Gasteiger partial charge in [-0.15, -0.1) is 0 Å². The average Bonchev–Trinajstić information content (AvgIpc) is 2.39. The maximum atomic E-state index is 11.8. The predicted octanol–water partition coefficient (Wildman–Crippen LogP) is 3.40. The number of halogens is 1. The molecule has 0 aliphatic heterocycles. The number of thiocarbonyl (C=S) groups is 1. The lowest BCUT2D eigenvalue weighted by Crippen LogP contribution is -2.35. The van der Waals surface area contributed by atoms with E-state index in [4.69, 9.17) is 23.8 Å². The Balaban J connectivity index is 1.87. The van der Waals surface area contributed by atoms with Crippen LogP contribution in [0.2, 0.25) is 5.02 Å². The van der Waals surface area contributed by atoms with Crippen LogP contribution in [-0.4, -0.2) is 11.0 Å². The van der Waals surface area contributed by atoms with Crippen molar-refractivity contribution in [1.82, 2.24) is 5.32 Å². The van der Waals surface area contributed by atoms with E-state index in [1.165, 1.54) is 0 Å². The molecule has 0 saturated heterocycles. The molecule has 0 aliphatic rings. The Kier molecular flexibility index (Phi) is 5.09. The summed E-state index contributed by atoms with van der Waals surface area (Å²) in [4.78, 5) is 11.8. The molecule has 5 heteroatoms. The monoisotopic (exact) mass is 304 g/mol. The highest BCUT2D eigenvalue weighted by Gasteiger charge is 2.06. The summed E-state index contributed by atoms with van der Waals surface area (Å²) in [7, 11) is 0. The predicted molar refractivity (Wildman–Crippen MR) is 86.0 cm³/mol. The van der Waals surface area contributed by atoms with Crippen LogP contribution in [0.15, 0.2) is 54.6 Å². The van der Waals surface area contributed by atoms with E-state index >= 15 is 0 Å². The molecule has 0 aliphatic carbocycles. The summed E-state index contributed by atoms with van der Waals surface area (Å²) in [5.74, 6) is -0.157. The van der Waals surface area contributed by atoms with E-state index in [0.717, 1.165) is 11.3 Å². The minimum absolute atomic E-state index is 0.157. The maximum absolute atomic E-state index is 11.8. The van der Waals surface area contributed by atoms with Gasteiger partial charge in [0.2, 0.25) is 5.91 Å². The molecule has 0 fully saturated rings. The Hall–Kier alpha value is -1.91. The third-order valence-electron chi connectivity index (χ3n) is 2.54. The van der Waals surface area contributed by atoms with Gasteiger partial charge < -0.3 is 10.6 Å². The summed E-state index contributed by atoms with van der Waals surface area (Å²) in [6.07, 6.45) is 0.290. The van der Waals surface area contributed by atoms with E-state index in [2.05, 4.69) is 10.6 Å². The number of hydrogen-bond donors (Lipinski definition) is 2. The van der Waals surface area contributed by atoms with Gasteiger partial charge in [-0.2, -0.15) is 0 Å². The van der Waals surface area contributed by atoms with Crippen molar-refractivity contribution in [3.05, 3.63) is 65.2 Å². The minimum Gasteiger partial charge on any atom is -0.332 e. The highest BCUT2D eigenvalue weighted by Crippen LogP contribution is 2.14. The van der Waals surface area contributed by atoms with Crippen LogP contribution in [0.3, 0.4) is 0 Å². The molecular weight excluding hydrogens is 292 g/mol. The van der Waals surface area contributed by atoms with Gasteiger partial charge >= 0.3 is 0 Å². The molecule has 0 heterocycles. The summed E-state index contributed by atoms with van der Waals surface area (Å²) in [5, 5.41) is 6.41. The Morgan fingerprint density at radius 1 is 1.10 bits per heavy atom. The zero-order chi connectivity index (χ0) is 14.4. The quantitative estimate of drug-likeness (QED) is 0.854. The maximum Gasteiger partial charge on any atom is 0.230 e. The zero-order valence-corrected chi connectivity index (χ0v) is 12.2. The summed E-state index contributed by atoms with van der Waals surface area (Å²) >= 11 is 11.0. The first-order chi connectivity index (χ1) is 9.63. The number of amides is 1. The smallest absolute Gasteiger partial charge is 0.230 e. The molecule has 0 radical (unpaired) electrons. The molecule has 102 valence electrons. The van der Waals surface area contributed by atoms with E-state index in [1.54, 1.807) is 18.2 Å². The average molecular weight is 305 g/mol. The van der Waals surface area contributed by atoms with Crippen molar-refractivity contribution >= 4 is 40.5 Å². The van der Waals surface area contributed by atoms with Gasteiger partial charge in [0.05, 0.1) is 6.42 Å². The van der Waals surface area contributed by atoms with Crippen molar-refractivity contribution in [2.45, 2.75) is 6.42 Å². The Morgan fingerprint density at radius 3 is 2.55 bits per heavy atom. The van der Waals surface area contributed by atoms with Crippen molar-refractivity contribution < 1.29 is 4.79 Å². The second-order valence-electron chi connectivity index (χ2n) is 4.18. The third-order valence-corrected chi connectivity index (χ3v) is 2.98. The molecule has 2 N–H and O–H groups in total. The lowest BCUT2D eigenvalue weighted by Gasteiger charge is -2.09. The number of carbonyl (C=O) groups excluding carboxylic acids is 1. The van der Waals surface area contributed by atoms with Crippen LogP contribution in [0, 0.1) is 0 Å². The molecule has 0 saturated carbocycles. The normalized spacial score (nSPS) is 9.85. The van der Waals surface area contributed by atoms with E-state index in [1.807, 2.05) is 36.4 Å². The Morgan fingerprint density at radius 2 is 1.85 bits per heavy atom. The van der Waals surface area contributed by atoms with Crippen LogP contribution in [0.1, 0.15) is 5.56 Å². The molecule has 0 bridgehead atoms. The van der Waals surface area contributed by atoms with Crippen LogP contribution < -0.4 is 10.6 Å². The highest BCUT2D eigenvalue weighted by atomic mass is 35.5. The summed E-state index contributed by atoms with van der Waals surface area (Å²) in [6.45, 7) is 0. The van der Waals surface area contributed by atoms with Crippen molar-refractivity contribution in [2.75, 3.05) is 5.32 Å². The van der Waals surface area contributed by atoms with Gasteiger partial charge in [0.1, 0.15) is 0 Å². The van der Waals surface area contributed by atoms with Gasteiger partial charge in [0.15, 0.2) is 5.11 Å². The molecule has 0 aromatic heterocycles. The lowest BCUT2D eigenvalue weighted by atomic mass is 10.1. The van der Waals surface area contributed by atoms with E-state index in [0.29, 0.717) is 5.02 Å². The van der Waals surface area contributed by atoms with Gasteiger partial charge in [0, 0.05) is 10.7 Å². The Bertz CT molecular complexity index is 616. The number of nitrogens with one attached hydrogen (secondary N) is 2. The van der Waals surface area contributed by atoms with Gasteiger partial charge in [-0.1, -0.05) is 48.0 Å². The van der Waals surface area contributed by atoms with Gasteiger partial charge in [-0.25, -0.2) is 0 Å². The fraction of sp³-hybridized carbons (Fsp3) is 0.0667. The molecule has 3 nitrogen and oxygen atoms in total. The third kappa shape index (κ3) is 4.64. The van der Waals surface area contributed by atoms with Crippen LogP contribution in [0.4, 0.5) is 5.69 Å². The fourth-order valence-corrected chi connectivity index (χ4v) is 2.10. The van der Waals surface area contributed by atoms with Crippen LogP contribution in [0.5, 0.6) is 0 Å². The molecule has 20 heavy (non-hydrogen) atoms. The van der Waals surface area contributed by atoms with Crippen molar-refractivity contribution in [3.8, 4) is 0 Å². The molecule has 0 unspecified atom stereocenters. The molecule has 0 atom stereocenters. The number of benzene rings is 2. The first-order valence-corrected chi connectivity index (χ1v) is 6.82. The van der Waals surface area contributed by atoms with Crippen LogP contribution >= 0.6 is 23.8 Å². The first-order valence-electron chi connectivity index (χ1n) is 6.04. The van der Waals surface area contributed by atoms with Gasteiger partial charge in [-0.3, -0.25) is 4.79 Å². The molecule has 2 aromatic rings. The molecule has 2 aromatic carbocycles. The zero-order valence-electron chi connectivity index (χ0n) is 10.6. The summed E-state index contributed by atoms with van der Waals surface area (Å²) < 4.78 is 0. The summed E-state index contributed by atoms with van der Waals surface area (Å²) in [5.41, 5.74) is 1.68. The standard InChI is InChI=1S/C15H13ClN2OS/c16-12-7-4-8-13(10-12)17-15(20)18-14(19)9-11-5-2-1-3-6-11/h1-8,10H,9H2,(H2,17,18,19,20). The highest BCUT2D eigenvalue weighted by molar-refractivity contribution is 7.80. The lowest BCUT2D eigenvalue weighted by molar-refractivity contribution is -0.119. The number of rotatable bonds is 3. The number of carbonyl (C=O) groups is 1. The van der Waals surface area contributed by atoms with E-state index in [-0.39, 0.29) is 17.4 Å². The van der Waals surface area contributed by atoms with Crippen LogP contribution in [0.25, 0.3) is 0 Å². The van der Waals surface area contributed by atoms with Gasteiger partial charge in [-0.05, 0) is 36.0 Å². The van der Waals surface area contributed by atoms with Crippen molar-refractivity contribution in [2.24, 2.45) is 0 Å².